The Bertz CT molecular complexity index is 708. The molecule has 2 atom stereocenters. The Kier molecular flexibility index (Phi) is 7.64. The van der Waals surface area contributed by atoms with E-state index >= 15 is 0 Å². The fourth-order valence-electron chi connectivity index (χ4n) is 1.84. The van der Waals surface area contributed by atoms with Crippen LogP contribution in [0.25, 0.3) is 0 Å². The lowest BCUT2D eigenvalue weighted by atomic mass is 10.1. The van der Waals surface area contributed by atoms with E-state index in [9.17, 15) is 15.0 Å². The van der Waals surface area contributed by atoms with Crippen molar-refractivity contribution in [2.75, 3.05) is 0 Å². The summed E-state index contributed by atoms with van der Waals surface area (Å²) < 4.78 is 6.02. The van der Waals surface area contributed by atoms with E-state index in [2.05, 4.69) is 22.6 Å². The first kappa shape index (κ1) is 20.7. The normalized spacial score (nSPS) is 14.9. The number of rotatable bonds is 6. The predicted molar refractivity (Wildman–Crippen MR) is 126 cm³/mol. The zero-order valence-electron chi connectivity index (χ0n) is 11.9. The second-order valence-electron chi connectivity index (χ2n) is 4.74. The van der Waals surface area contributed by atoms with E-state index in [1.165, 1.54) is 0 Å². The Morgan fingerprint density at radius 1 is 1.04 bits per heavy atom. The van der Waals surface area contributed by atoms with E-state index in [4.69, 9.17) is 4.74 Å². The van der Waals surface area contributed by atoms with Crippen LogP contribution in [0.2, 0.25) is 0 Å². The maximum Gasteiger partial charge on any atom is 0.337 e. The van der Waals surface area contributed by atoms with Crippen LogP contribution in [0.3, 0.4) is 0 Å². The molecule has 0 aliphatic heterocycles. The van der Waals surface area contributed by atoms with Crippen LogP contribution in [-0.4, -0.2) is 21.1 Å². The topological polar surface area (TPSA) is 70.0 Å². The van der Waals surface area contributed by atoms with Gasteiger partial charge >= 0.3 is 5.97 Å². The lowest BCUT2D eigenvalue weighted by molar-refractivity contribution is -0.140. The van der Waals surface area contributed by atoms with Crippen LogP contribution in [0.1, 0.15) is 9.49 Å². The zero-order valence-corrected chi connectivity index (χ0v) is 20.5. The molecule has 0 saturated carbocycles. The summed E-state index contributed by atoms with van der Waals surface area (Å²) in [6.07, 6.45) is 0. The highest BCUT2D eigenvalue weighted by atomic mass is 127. The van der Waals surface area contributed by atoms with Gasteiger partial charge in [0.05, 0.1) is 3.92 Å². The van der Waals surface area contributed by atoms with Gasteiger partial charge in [-0.3, -0.25) is 0 Å². The second kappa shape index (κ2) is 8.85. The van der Waals surface area contributed by atoms with Gasteiger partial charge in [-0.05, 0) is 64.6 Å². The molecule has 24 heavy (non-hydrogen) atoms. The fraction of sp³-hybridized carbons (Fsp3) is 0.133. The van der Waals surface area contributed by atoms with Crippen molar-refractivity contribution in [1.82, 2.24) is 1.33 Å². The monoisotopic (exact) mass is 777 g/mol. The number of carboxylic acids is 1. The predicted octanol–water partition coefficient (Wildman–Crippen LogP) is 5.88. The SMILES string of the molecule is O=C(O)[C@@](I)(C(I)c1ccc(Oc2ccc(O)cc2)cc1)N(I)I. The highest BCUT2D eigenvalue weighted by molar-refractivity contribution is 14.2. The molecule has 0 heterocycles. The van der Waals surface area contributed by atoms with Gasteiger partial charge < -0.3 is 14.9 Å². The van der Waals surface area contributed by atoms with E-state index in [0.29, 0.717) is 11.5 Å². The van der Waals surface area contributed by atoms with Gasteiger partial charge in [-0.15, -0.1) is 0 Å². The van der Waals surface area contributed by atoms with Crippen molar-refractivity contribution in [3.63, 3.8) is 0 Å². The third kappa shape index (κ3) is 4.76. The number of ether oxygens (including phenoxy) is 1. The smallest absolute Gasteiger partial charge is 0.337 e. The quantitative estimate of drug-likeness (QED) is 0.166. The van der Waals surface area contributed by atoms with Crippen molar-refractivity contribution in [3.05, 3.63) is 54.1 Å². The molecule has 0 aromatic heterocycles. The standard InChI is InChI=1S/C15H11I4NO4/c16-13(15(17,14(22)23)20(18)19)9-1-5-11(6-2-9)24-12-7-3-10(21)4-8-12/h1-8,13,21H,(H,22,23)/t13?,15-/m1/s1. The lowest BCUT2D eigenvalue weighted by Crippen LogP contribution is -2.43. The van der Waals surface area contributed by atoms with Crippen LogP contribution in [0.4, 0.5) is 0 Å². The summed E-state index contributed by atoms with van der Waals surface area (Å²) in [5.41, 5.74) is 0.892. The third-order valence-corrected chi connectivity index (χ3v) is 10.9. The molecule has 2 N–H and O–H groups in total. The first-order valence-electron chi connectivity index (χ1n) is 6.50. The summed E-state index contributed by atoms with van der Waals surface area (Å²) in [4.78, 5) is 11.7. The van der Waals surface area contributed by atoms with Gasteiger partial charge in [0.15, 0.2) is 0 Å². The van der Waals surface area contributed by atoms with Gasteiger partial charge in [-0.1, -0.05) is 34.7 Å². The number of carboxylic acid groups (broad SMARTS) is 1. The van der Waals surface area contributed by atoms with E-state index in [1.54, 1.807) is 37.7 Å². The van der Waals surface area contributed by atoms with E-state index < -0.39 is 9.51 Å². The number of aliphatic carboxylic acids is 1. The van der Waals surface area contributed by atoms with Gasteiger partial charge in [0.1, 0.15) is 17.2 Å². The summed E-state index contributed by atoms with van der Waals surface area (Å²) in [6.45, 7) is 0. The number of carbonyl (C=O) groups is 1. The van der Waals surface area contributed by atoms with Crippen LogP contribution in [0.5, 0.6) is 17.2 Å². The molecule has 0 aliphatic carbocycles. The maximum absolute atomic E-state index is 11.7. The first-order chi connectivity index (χ1) is 11.2. The first-order valence-corrected chi connectivity index (χ1v) is 10.8. The Labute approximate surface area is 194 Å². The molecule has 9 heteroatoms. The highest BCUT2D eigenvalue weighted by Gasteiger charge is 2.47. The molecule has 2 aromatic rings. The summed E-state index contributed by atoms with van der Waals surface area (Å²) in [5.74, 6) is 0.546. The van der Waals surface area contributed by atoms with Crippen molar-refractivity contribution in [2.24, 2.45) is 0 Å². The summed E-state index contributed by atoms with van der Waals surface area (Å²) in [6, 6.07) is 13.8. The highest BCUT2D eigenvalue weighted by Crippen LogP contribution is 2.47. The molecule has 5 nitrogen and oxygen atoms in total. The van der Waals surface area contributed by atoms with E-state index in [0.717, 1.165) is 5.56 Å². The van der Waals surface area contributed by atoms with Crippen LogP contribution < -0.4 is 4.74 Å². The number of hydrogen-bond donors (Lipinski definition) is 2. The average molecular weight is 777 g/mol. The van der Waals surface area contributed by atoms with Gasteiger partial charge in [-0.25, -0.2) is 4.79 Å². The van der Waals surface area contributed by atoms with Crippen molar-refractivity contribution in [3.8, 4) is 17.2 Å². The Hall–Kier alpha value is 0.390. The summed E-state index contributed by atoms with van der Waals surface area (Å²) in [5, 5.41) is 18.9. The molecule has 0 saturated heterocycles. The Morgan fingerprint density at radius 2 is 1.50 bits per heavy atom. The number of aromatic hydroxyl groups is 1. The fourth-order valence-corrected chi connectivity index (χ4v) is 5.20. The van der Waals surface area contributed by atoms with Crippen molar-refractivity contribution < 1.29 is 19.7 Å². The number of hydrogen-bond acceptors (Lipinski definition) is 4. The zero-order chi connectivity index (χ0) is 17.9. The minimum absolute atomic E-state index is 0.180. The van der Waals surface area contributed by atoms with E-state index in [-0.39, 0.29) is 9.67 Å². The molecule has 0 amide bonds. The molecule has 128 valence electrons. The van der Waals surface area contributed by atoms with Crippen LogP contribution in [0, 0.1) is 0 Å². The molecular weight excluding hydrogens is 766 g/mol. The molecule has 0 fully saturated rings. The third-order valence-electron chi connectivity index (χ3n) is 3.13. The Balaban J connectivity index is 2.19. The minimum atomic E-state index is -1.07. The van der Waals surface area contributed by atoms with E-state index in [1.807, 2.05) is 80.5 Å². The van der Waals surface area contributed by atoms with Crippen molar-refractivity contribution in [1.29, 1.82) is 0 Å². The number of nitrogens with zero attached hydrogens (tertiary/aromatic N) is 1. The van der Waals surface area contributed by atoms with Gasteiger partial charge in [0.2, 0.25) is 3.55 Å². The largest absolute Gasteiger partial charge is 0.508 e. The van der Waals surface area contributed by atoms with Gasteiger partial charge in [0.25, 0.3) is 0 Å². The average Bonchev–Trinajstić information content (AvgIpc) is 2.55. The van der Waals surface area contributed by atoms with Crippen LogP contribution >= 0.6 is 90.9 Å². The number of benzene rings is 2. The molecule has 2 aromatic carbocycles. The van der Waals surface area contributed by atoms with Crippen molar-refractivity contribution in [2.45, 2.75) is 7.47 Å². The number of alkyl halides is 2. The molecule has 2 rings (SSSR count). The Morgan fingerprint density at radius 3 is 1.92 bits per heavy atom. The number of phenols is 1. The second-order valence-corrected chi connectivity index (χ2v) is 11.4. The maximum atomic E-state index is 11.7. The van der Waals surface area contributed by atoms with Crippen LogP contribution in [0.15, 0.2) is 48.5 Å². The number of halogens is 4. The lowest BCUT2D eigenvalue weighted by Gasteiger charge is -2.31. The van der Waals surface area contributed by atoms with Crippen LogP contribution in [-0.2, 0) is 4.79 Å². The molecule has 0 spiro atoms. The summed E-state index contributed by atoms with van der Waals surface area (Å²) >= 11 is 8.08. The van der Waals surface area contributed by atoms with Gasteiger partial charge in [-0.2, -0.15) is 1.33 Å². The molecule has 1 unspecified atom stereocenters. The molecule has 0 radical (unpaired) electrons. The van der Waals surface area contributed by atoms with Gasteiger partial charge in [0, 0.05) is 45.7 Å². The molecular formula is C15H11I4NO4. The molecule has 0 bridgehead atoms. The van der Waals surface area contributed by atoms with Crippen molar-refractivity contribution >= 4 is 96.9 Å². The molecule has 0 aliphatic rings. The minimum Gasteiger partial charge on any atom is -0.508 e. The summed E-state index contributed by atoms with van der Waals surface area (Å²) in [7, 11) is 0. The number of phenolic OH excluding ortho intramolecular Hbond substituents is 1.